The van der Waals surface area contributed by atoms with Gasteiger partial charge < -0.3 is 10.4 Å². The fraction of sp³-hybridized carbons (Fsp3) is 0.143. The van der Waals surface area contributed by atoms with Crippen molar-refractivity contribution >= 4 is 17.3 Å². The number of nitrogens with one attached hydrogen (secondary N) is 1. The molecule has 88 valence electrons. The maximum atomic E-state index is 9.42. The van der Waals surface area contributed by atoms with Gasteiger partial charge in [-0.1, -0.05) is 23.7 Å². The van der Waals surface area contributed by atoms with Crippen molar-refractivity contribution in [2.45, 2.75) is 13.5 Å². The second-order valence-corrected chi connectivity index (χ2v) is 4.42. The molecular formula is C14H14ClNO. The Morgan fingerprint density at radius 1 is 1.18 bits per heavy atom. The third kappa shape index (κ3) is 3.14. The van der Waals surface area contributed by atoms with Crippen molar-refractivity contribution in [2.24, 2.45) is 0 Å². The highest BCUT2D eigenvalue weighted by atomic mass is 35.5. The van der Waals surface area contributed by atoms with Crippen LogP contribution in [0.15, 0.2) is 42.5 Å². The summed E-state index contributed by atoms with van der Waals surface area (Å²) in [6.45, 7) is 2.59. The van der Waals surface area contributed by atoms with E-state index < -0.39 is 0 Å². The van der Waals surface area contributed by atoms with E-state index in [0.29, 0.717) is 12.3 Å². The quantitative estimate of drug-likeness (QED) is 0.805. The van der Waals surface area contributed by atoms with Crippen LogP contribution in [0.2, 0.25) is 5.02 Å². The second-order valence-electron chi connectivity index (χ2n) is 3.98. The van der Waals surface area contributed by atoms with Gasteiger partial charge in [-0.25, -0.2) is 0 Å². The van der Waals surface area contributed by atoms with E-state index in [9.17, 15) is 5.11 Å². The molecule has 2 aromatic rings. The molecule has 0 aliphatic carbocycles. The molecule has 0 fully saturated rings. The lowest BCUT2D eigenvalue weighted by Crippen LogP contribution is -1.99. The van der Waals surface area contributed by atoms with Gasteiger partial charge in [0.05, 0.1) is 0 Å². The summed E-state index contributed by atoms with van der Waals surface area (Å²) in [6, 6.07) is 13.2. The van der Waals surface area contributed by atoms with Crippen LogP contribution in [0.4, 0.5) is 5.69 Å². The fourth-order valence-electron chi connectivity index (χ4n) is 1.62. The van der Waals surface area contributed by atoms with E-state index in [0.717, 1.165) is 21.8 Å². The van der Waals surface area contributed by atoms with Gasteiger partial charge in [0.1, 0.15) is 5.75 Å². The molecular weight excluding hydrogens is 234 g/mol. The molecule has 0 aliphatic rings. The van der Waals surface area contributed by atoms with Crippen molar-refractivity contribution in [3.63, 3.8) is 0 Å². The van der Waals surface area contributed by atoms with E-state index in [1.807, 2.05) is 43.3 Å². The molecule has 0 spiro atoms. The lowest BCUT2D eigenvalue weighted by molar-refractivity contribution is 0.471. The molecule has 0 aliphatic heterocycles. The summed E-state index contributed by atoms with van der Waals surface area (Å²) in [5.74, 6) is 0.318. The van der Waals surface area contributed by atoms with E-state index in [4.69, 9.17) is 11.6 Å². The van der Waals surface area contributed by atoms with Crippen LogP contribution in [0, 0.1) is 6.92 Å². The summed E-state index contributed by atoms with van der Waals surface area (Å²) in [5.41, 5.74) is 2.98. The minimum Gasteiger partial charge on any atom is -0.508 e. The summed E-state index contributed by atoms with van der Waals surface area (Å²) in [4.78, 5) is 0. The van der Waals surface area contributed by atoms with E-state index in [2.05, 4.69) is 5.32 Å². The number of phenols is 1. The smallest absolute Gasteiger partial charge is 0.118 e. The topological polar surface area (TPSA) is 32.3 Å². The highest BCUT2D eigenvalue weighted by Crippen LogP contribution is 2.20. The molecule has 0 aromatic heterocycles. The lowest BCUT2D eigenvalue weighted by atomic mass is 10.2. The Morgan fingerprint density at radius 2 is 2.00 bits per heavy atom. The maximum absolute atomic E-state index is 9.42. The van der Waals surface area contributed by atoms with Gasteiger partial charge in [-0.05, 0) is 48.4 Å². The molecule has 0 atom stereocenters. The SMILES string of the molecule is Cc1cc(NCc2cccc(Cl)c2)ccc1O. The highest BCUT2D eigenvalue weighted by Gasteiger charge is 1.98. The molecule has 2 rings (SSSR count). The monoisotopic (exact) mass is 247 g/mol. The van der Waals surface area contributed by atoms with Crippen LogP contribution in [0.3, 0.4) is 0 Å². The van der Waals surface area contributed by atoms with Gasteiger partial charge in [0.2, 0.25) is 0 Å². The molecule has 17 heavy (non-hydrogen) atoms. The van der Waals surface area contributed by atoms with Gasteiger partial charge >= 0.3 is 0 Å². The number of hydrogen-bond acceptors (Lipinski definition) is 2. The zero-order valence-corrected chi connectivity index (χ0v) is 10.3. The molecule has 3 heteroatoms. The third-order valence-electron chi connectivity index (χ3n) is 2.58. The summed E-state index contributed by atoms with van der Waals surface area (Å²) in [7, 11) is 0. The first-order chi connectivity index (χ1) is 8.15. The van der Waals surface area contributed by atoms with Gasteiger partial charge in [0.25, 0.3) is 0 Å². The molecule has 0 saturated carbocycles. The number of benzene rings is 2. The van der Waals surface area contributed by atoms with Crippen molar-refractivity contribution in [1.29, 1.82) is 0 Å². The lowest BCUT2D eigenvalue weighted by Gasteiger charge is -2.08. The number of halogens is 1. The average Bonchev–Trinajstić information content (AvgIpc) is 2.31. The number of hydrogen-bond donors (Lipinski definition) is 2. The standard InChI is InChI=1S/C14H14ClNO/c1-10-7-13(5-6-14(10)17)16-9-11-3-2-4-12(15)8-11/h2-8,16-17H,9H2,1H3. The first-order valence-corrected chi connectivity index (χ1v) is 5.81. The Hall–Kier alpha value is -1.67. The summed E-state index contributed by atoms with van der Waals surface area (Å²) in [6.07, 6.45) is 0. The van der Waals surface area contributed by atoms with E-state index >= 15 is 0 Å². The molecule has 2 aromatic carbocycles. The first-order valence-electron chi connectivity index (χ1n) is 5.43. The Kier molecular flexibility index (Phi) is 3.55. The highest BCUT2D eigenvalue weighted by molar-refractivity contribution is 6.30. The van der Waals surface area contributed by atoms with Crippen LogP contribution in [0.1, 0.15) is 11.1 Å². The largest absolute Gasteiger partial charge is 0.508 e. The van der Waals surface area contributed by atoms with Crippen molar-refractivity contribution in [3.05, 3.63) is 58.6 Å². The molecule has 0 heterocycles. The number of rotatable bonds is 3. The number of aryl methyl sites for hydroxylation is 1. The molecule has 2 N–H and O–H groups in total. The van der Waals surface area contributed by atoms with Gasteiger partial charge in [-0.3, -0.25) is 0 Å². The van der Waals surface area contributed by atoms with Crippen molar-refractivity contribution in [2.75, 3.05) is 5.32 Å². The zero-order valence-electron chi connectivity index (χ0n) is 9.57. The Labute approximate surface area is 106 Å². The molecule has 0 saturated heterocycles. The first kappa shape index (κ1) is 11.8. The van der Waals surface area contributed by atoms with E-state index in [1.54, 1.807) is 6.07 Å². The second kappa shape index (κ2) is 5.11. The predicted octanol–water partition coefficient (Wildman–Crippen LogP) is 3.97. The predicted molar refractivity (Wildman–Crippen MR) is 71.6 cm³/mol. The summed E-state index contributed by atoms with van der Waals surface area (Å²) in [5, 5.41) is 13.4. The van der Waals surface area contributed by atoms with Crippen molar-refractivity contribution in [3.8, 4) is 5.75 Å². The summed E-state index contributed by atoms with van der Waals surface area (Å²) < 4.78 is 0. The molecule has 0 unspecified atom stereocenters. The maximum Gasteiger partial charge on any atom is 0.118 e. The van der Waals surface area contributed by atoms with Crippen LogP contribution in [0.25, 0.3) is 0 Å². The van der Waals surface area contributed by atoms with Gasteiger partial charge in [0.15, 0.2) is 0 Å². The molecule has 2 nitrogen and oxygen atoms in total. The van der Waals surface area contributed by atoms with E-state index in [-0.39, 0.29) is 0 Å². The minimum atomic E-state index is 0.318. The Balaban J connectivity index is 2.05. The van der Waals surface area contributed by atoms with Crippen LogP contribution in [-0.4, -0.2) is 5.11 Å². The normalized spacial score (nSPS) is 10.2. The average molecular weight is 248 g/mol. The minimum absolute atomic E-state index is 0.318. The summed E-state index contributed by atoms with van der Waals surface area (Å²) >= 11 is 5.91. The molecule has 0 amide bonds. The van der Waals surface area contributed by atoms with Gasteiger partial charge in [-0.15, -0.1) is 0 Å². The Morgan fingerprint density at radius 3 is 2.71 bits per heavy atom. The van der Waals surface area contributed by atoms with Crippen LogP contribution in [0.5, 0.6) is 5.75 Å². The number of aromatic hydroxyl groups is 1. The number of anilines is 1. The number of phenolic OH excluding ortho intramolecular Hbond substituents is 1. The molecule has 0 bridgehead atoms. The van der Waals surface area contributed by atoms with E-state index in [1.165, 1.54) is 0 Å². The zero-order chi connectivity index (χ0) is 12.3. The fourth-order valence-corrected chi connectivity index (χ4v) is 1.83. The third-order valence-corrected chi connectivity index (χ3v) is 2.82. The van der Waals surface area contributed by atoms with Crippen LogP contribution < -0.4 is 5.32 Å². The van der Waals surface area contributed by atoms with Crippen molar-refractivity contribution < 1.29 is 5.11 Å². The Bertz CT molecular complexity index is 525. The van der Waals surface area contributed by atoms with Gasteiger partial charge in [0, 0.05) is 17.3 Å². The van der Waals surface area contributed by atoms with Crippen LogP contribution >= 0.6 is 11.6 Å². The van der Waals surface area contributed by atoms with Crippen molar-refractivity contribution in [1.82, 2.24) is 0 Å². The van der Waals surface area contributed by atoms with Gasteiger partial charge in [-0.2, -0.15) is 0 Å². The molecule has 0 radical (unpaired) electrons. The van der Waals surface area contributed by atoms with Crippen LogP contribution in [-0.2, 0) is 6.54 Å².